The molecule has 112 valence electrons. The number of hydrogen-bond acceptors (Lipinski definition) is 6. The van der Waals surface area contributed by atoms with Crippen LogP contribution in [-0.2, 0) is 17.9 Å². The van der Waals surface area contributed by atoms with Crippen LogP contribution in [0.2, 0.25) is 0 Å². The smallest absolute Gasteiger partial charge is 0.244 e. The van der Waals surface area contributed by atoms with E-state index in [4.69, 9.17) is 5.11 Å². The Hall–Kier alpha value is -1.51. The number of aliphatic hydroxyl groups excluding tert-OH is 1. The maximum Gasteiger partial charge on any atom is 0.244 e. The highest BCUT2D eigenvalue weighted by Gasteiger charge is 2.38. The predicted octanol–water partition coefficient (Wildman–Crippen LogP) is -1.70. The van der Waals surface area contributed by atoms with E-state index in [1.165, 1.54) is 4.68 Å². The first-order chi connectivity index (χ1) is 9.42. The van der Waals surface area contributed by atoms with Gasteiger partial charge < -0.3 is 20.0 Å². The fraction of sp³-hybridized carbons (Fsp3) is 0.750. The average molecular weight is 283 g/mol. The van der Waals surface area contributed by atoms with Gasteiger partial charge in [-0.1, -0.05) is 5.21 Å². The van der Waals surface area contributed by atoms with E-state index in [1.54, 1.807) is 11.1 Å². The van der Waals surface area contributed by atoms with Gasteiger partial charge in [-0.15, -0.1) is 5.10 Å². The van der Waals surface area contributed by atoms with E-state index < -0.39 is 5.60 Å². The minimum absolute atomic E-state index is 0.0744. The molecule has 1 aromatic heterocycles. The SMILES string of the molecule is CN(C)C[C@]1(O)CCN(C(=O)Cn2cc(CO)nn2)C1. The number of nitrogens with zero attached hydrogens (tertiary/aromatic N) is 5. The summed E-state index contributed by atoms with van der Waals surface area (Å²) in [5, 5.41) is 26.8. The molecular weight excluding hydrogens is 262 g/mol. The summed E-state index contributed by atoms with van der Waals surface area (Å²) in [6.45, 7) is 1.30. The van der Waals surface area contributed by atoms with Gasteiger partial charge in [0.1, 0.15) is 12.2 Å². The van der Waals surface area contributed by atoms with Crippen LogP contribution >= 0.6 is 0 Å². The van der Waals surface area contributed by atoms with E-state index in [0.717, 1.165) is 0 Å². The summed E-state index contributed by atoms with van der Waals surface area (Å²) in [5.74, 6) is -0.103. The molecule has 1 saturated heterocycles. The van der Waals surface area contributed by atoms with Gasteiger partial charge in [-0.3, -0.25) is 4.79 Å². The standard InChI is InChI=1S/C12H21N5O3/c1-15(2)8-12(20)3-4-16(9-12)11(19)6-17-5-10(7-18)13-14-17/h5,18,20H,3-4,6-9H2,1-2H3/t12-/m1/s1. The van der Waals surface area contributed by atoms with Gasteiger partial charge in [-0.25, -0.2) is 4.68 Å². The second-order valence-corrected chi connectivity index (χ2v) is 5.59. The lowest BCUT2D eigenvalue weighted by Crippen LogP contribution is -2.44. The van der Waals surface area contributed by atoms with Crippen molar-refractivity contribution < 1.29 is 15.0 Å². The number of aromatic nitrogens is 3. The molecule has 2 heterocycles. The number of aliphatic hydroxyl groups is 2. The number of carbonyl (C=O) groups is 1. The molecule has 1 atom stereocenters. The zero-order chi connectivity index (χ0) is 14.8. The monoisotopic (exact) mass is 283 g/mol. The van der Waals surface area contributed by atoms with E-state index in [0.29, 0.717) is 31.7 Å². The fourth-order valence-corrected chi connectivity index (χ4v) is 2.51. The van der Waals surface area contributed by atoms with E-state index in [9.17, 15) is 9.90 Å². The third-order valence-corrected chi connectivity index (χ3v) is 3.34. The summed E-state index contributed by atoms with van der Waals surface area (Å²) in [6.07, 6.45) is 2.12. The van der Waals surface area contributed by atoms with Gasteiger partial charge in [0, 0.05) is 13.1 Å². The summed E-state index contributed by atoms with van der Waals surface area (Å²) in [7, 11) is 3.79. The van der Waals surface area contributed by atoms with Crippen LogP contribution in [0, 0.1) is 0 Å². The topological polar surface area (TPSA) is 94.7 Å². The van der Waals surface area contributed by atoms with Crippen LogP contribution in [0.1, 0.15) is 12.1 Å². The fourth-order valence-electron chi connectivity index (χ4n) is 2.51. The van der Waals surface area contributed by atoms with E-state index in [2.05, 4.69) is 10.3 Å². The summed E-state index contributed by atoms with van der Waals surface area (Å²) < 4.78 is 1.40. The zero-order valence-corrected chi connectivity index (χ0v) is 11.9. The molecule has 1 amide bonds. The van der Waals surface area contributed by atoms with Gasteiger partial charge in [-0.05, 0) is 20.5 Å². The quantitative estimate of drug-likeness (QED) is 0.668. The number of carbonyl (C=O) groups excluding carboxylic acids is 1. The molecular formula is C12H21N5O3. The van der Waals surface area contributed by atoms with Gasteiger partial charge in [0.25, 0.3) is 0 Å². The van der Waals surface area contributed by atoms with Crippen LogP contribution < -0.4 is 0 Å². The first kappa shape index (κ1) is 14.9. The summed E-state index contributed by atoms with van der Waals surface area (Å²) >= 11 is 0. The van der Waals surface area contributed by atoms with Crippen molar-refractivity contribution >= 4 is 5.91 Å². The molecule has 0 unspecified atom stereocenters. The minimum atomic E-state index is -0.836. The highest BCUT2D eigenvalue weighted by molar-refractivity contribution is 5.76. The van der Waals surface area contributed by atoms with Crippen molar-refractivity contribution in [2.45, 2.75) is 25.2 Å². The minimum Gasteiger partial charge on any atom is -0.390 e. The molecule has 1 fully saturated rings. The molecule has 2 rings (SSSR count). The Bertz CT molecular complexity index is 475. The lowest BCUT2D eigenvalue weighted by molar-refractivity contribution is -0.132. The molecule has 0 radical (unpaired) electrons. The number of likely N-dealkylation sites (tertiary alicyclic amines) is 1. The Morgan fingerprint density at radius 1 is 1.55 bits per heavy atom. The molecule has 0 bridgehead atoms. The molecule has 2 N–H and O–H groups in total. The van der Waals surface area contributed by atoms with Crippen LogP contribution in [0.3, 0.4) is 0 Å². The number of rotatable bonds is 5. The van der Waals surface area contributed by atoms with Gasteiger partial charge in [-0.2, -0.15) is 0 Å². The van der Waals surface area contributed by atoms with Crippen LogP contribution in [0.4, 0.5) is 0 Å². The van der Waals surface area contributed by atoms with Crippen molar-refractivity contribution in [3.8, 4) is 0 Å². The Kier molecular flexibility index (Phi) is 4.36. The molecule has 0 spiro atoms. The lowest BCUT2D eigenvalue weighted by atomic mass is 10.0. The molecule has 1 aliphatic rings. The molecule has 1 aromatic rings. The number of amides is 1. The van der Waals surface area contributed by atoms with Crippen molar-refractivity contribution in [1.82, 2.24) is 24.8 Å². The van der Waals surface area contributed by atoms with Gasteiger partial charge in [0.05, 0.1) is 24.9 Å². The van der Waals surface area contributed by atoms with Crippen molar-refractivity contribution in [2.24, 2.45) is 0 Å². The average Bonchev–Trinajstić information content (AvgIpc) is 2.95. The molecule has 20 heavy (non-hydrogen) atoms. The Balaban J connectivity index is 1.91. The van der Waals surface area contributed by atoms with E-state index in [1.807, 2.05) is 19.0 Å². The number of hydrogen-bond donors (Lipinski definition) is 2. The predicted molar refractivity (Wildman–Crippen MR) is 70.6 cm³/mol. The Labute approximate surface area is 117 Å². The van der Waals surface area contributed by atoms with Crippen LogP contribution in [0.15, 0.2) is 6.20 Å². The van der Waals surface area contributed by atoms with Crippen molar-refractivity contribution in [3.63, 3.8) is 0 Å². The highest BCUT2D eigenvalue weighted by atomic mass is 16.3. The van der Waals surface area contributed by atoms with Gasteiger partial charge >= 0.3 is 0 Å². The lowest BCUT2D eigenvalue weighted by Gasteiger charge is -2.26. The summed E-state index contributed by atoms with van der Waals surface area (Å²) in [5.41, 5.74) is -0.402. The van der Waals surface area contributed by atoms with Gasteiger partial charge in [0.15, 0.2) is 0 Å². The third kappa shape index (κ3) is 3.53. The molecule has 1 aliphatic heterocycles. The second kappa shape index (κ2) is 5.86. The molecule has 0 saturated carbocycles. The van der Waals surface area contributed by atoms with Crippen molar-refractivity contribution in [1.29, 1.82) is 0 Å². The first-order valence-corrected chi connectivity index (χ1v) is 6.57. The number of β-amino-alcohol motifs (C(OH)–C–C–N with tert-alkyl or cyclic N) is 1. The zero-order valence-electron chi connectivity index (χ0n) is 11.9. The van der Waals surface area contributed by atoms with Crippen LogP contribution in [-0.4, -0.2) is 80.2 Å². The van der Waals surface area contributed by atoms with Crippen molar-refractivity contribution in [2.75, 3.05) is 33.7 Å². The molecule has 0 aromatic carbocycles. The Morgan fingerprint density at radius 2 is 2.30 bits per heavy atom. The van der Waals surface area contributed by atoms with Crippen LogP contribution in [0.5, 0.6) is 0 Å². The maximum atomic E-state index is 12.1. The largest absolute Gasteiger partial charge is 0.390 e. The third-order valence-electron chi connectivity index (χ3n) is 3.34. The molecule has 8 heteroatoms. The first-order valence-electron chi connectivity index (χ1n) is 6.57. The van der Waals surface area contributed by atoms with Crippen molar-refractivity contribution in [3.05, 3.63) is 11.9 Å². The van der Waals surface area contributed by atoms with Gasteiger partial charge in [0.2, 0.25) is 5.91 Å². The second-order valence-electron chi connectivity index (χ2n) is 5.59. The summed E-state index contributed by atoms with van der Waals surface area (Å²) in [6, 6.07) is 0. The Morgan fingerprint density at radius 3 is 2.90 bits per heavy atom. The van der Waals surface area contributed by atoms with Crippen LogP contribution in [0.25, 0.3) is 0 Å². The number of likely N-dealkylation sites (N-methyl/N-ethyl adjacent to an activating group) is 1. The molecule has 0 aliphatic carbocycles. The molecule has 8 nitrogen and oxygen atoms in total. The summed E-state index contributed by atoms with van der Waals surface area (Å²) in [4.78, 5) is 15.7. The van der Waals surface area contributed by atoms with E-state index >= 15 is 0 Å². The highest BCUT2D eigenvalue weighted by Crippen LogP contribution is 2.22. The maximum absolute atomic E-state index is 12.1. The normalized spacial score (nSPS) is 22.8. The van der Waals surface area contributed by atoms with E-state index in [-0.39, 0.29) is 19.1 Å².